The molecule has 2 unspecified atom stereocenters. The van der Waals surface area contributed by atoms with Crippen LogP contribution >= 0.6 is 0 Å². The zero-order chi connectivity index (χ0) is 17.2. The third-order valence-electron chi connectivity index (χ3n) is 4.41. The van der Waals surface area contributed by atoms with Gasteiger partial charge in [0, 0.05) is 25.2 Å². The number of ether oxygens (including phenoxy) is 3. The van der Waals surface area contributed by atoms with E-state index in [1.165, 1.54) is 0 Å². The van der Waals surface area contributed by atoms with Crippen molar-refractivity contribution in [2.75, 3.05) is 19.7 Å². The highest BCUT2D eigenvalue weighted by molar-refractivity contribution is 5.82. The maximum atomic E-state index is 12.7. The Bertz CT molecular complexity index is 762. The van der Waals surface area contributed by atoms with Crippen LogP contribution in [0.4, 0.5) is 0 Å². The molecule has 0 spiro atoms. The van der Waals surface area contributed by atoms with E-state index < -0.39 is 6.10 Å². The molecule has 2 aliphatic heterocycles. The molecule has 1 fully saturated rings. The zero-order valence-corrected chi connectivity index (χ0v) is 14.1. The number of fused-ring (bicyclic) bond motifs is 1. The maximum absolute atomic E-state index is 12.7. The fraction of sp³-hybridized carbons (Fsp3) is 0.368. The molecule has 130 valence electrons. The van der Waals surface area contributed by atoms with Crippen molar-refractivity contribution >= 4 is 5.91 Å². The standard InChI is InChI=1S/C19H20N2O4/c1-13-6-7-18(20-10-13)24-14-8-9-21(11-14)19(22)17-12-23-15-4-2-3-5-16(15)25-17/h2-7,10,14,17H,8-9,11-12H2,1H3. The van der Waals surface area contributed by atoms with Gasteiger partial charge in [0.25, 0.3) is 5.91 Å². The van der Waals surface area contributed by atoms with Crippen LogP contribution < -0.4 is 14.2 Å². The molecule has 1 aromatic carbocycles. The number of aryl methyl sites for hydroxylation is 1. The van der Waals surface area contributed by atoms with Gasteiger partial charge in [0.15, 0.2) is 11.5 Å². The summed E-state index contributed by atoms with van der Waals surface area (Å²) < 4.78 is 17.3. The van der Waals surface area contributed by atoms with E-state index in [0.29, 0.717) is 30.5 Å². The number of hydrogen-bond donors (Lipinski definition) is 0. The lowest BCUT2D eigenvalue weighted by molar-refractivity contribution is -0.140. The normalized spacial score (nSPS) is 21.9. The minimum Gasteiger partial charge on any atom is -0.485 e. The van der Waals surface area contributed by atoms with E-state index in [0.717, 1.165) is 12.0 Å². The van der Waals surface area contributed by atoms with Gasteiger partial charge in [-0.2, -0.15) is 0 Å². The molecule has 1 aromatic heterocycles. The molecule has 3 heterocycles. The quantitative estimate of drug-likeness (QED) is 0.857. The summed E-state index contributed by atoms with van der Waals surface area (Å²) in [5.41, 5.74) is 1.09. The average molecular weight is 340 g/mol. The van der Waals surface area contributed by atoms with Gasteiger partial charge in [-0.25, -0.2) is 4.98 Å². The summed E-state index contributed by atoms with van der Waals surface area (Å²) in [7, 11) is 0. The number of amides is 1. The topological polar surface area (TPSA) is 60.9 Å². The Hall–Kier alpha value is -2.76. The first kappa shape index (κ1) is 15.7. The van der Waals surface area contributed by atoms with Gasteiger partial charge in [-0.05, 0) is 24.6 Å². The minimum absolute atomic E-state index is 0.0454. The van der Waals surface area contributed by atoms with E-state index in [-0.39, 0.29) is 18.6 Å². The van der Waals surface area contributed by atoms with Crippen LogP contribution in [-0.4, -0.2) is 47.7 Å². The molecule has 0 aliphatic carbocycles. The van der Waals surface area contributed by atoms with Crippen molar-refractivity contribution in [1.29, 1.82) is 0 Å². The lowest BCUT2D eigenvalue weighted by atomic mass is 10.2. The van der Waals surface area contributed by atoms with E-state index >= 15 is 0 Å². The van der Waals surface area contributed by atoms with Gasteiger partial charge >= 0.3 is 0 Å². The van der Waals surface area contributed by atoms with Gasteiger partial charge in [-0.3, -0.25) is 4.79 Å². The van der Waals surface area contributed by atoms with Crippen molar-refractivity contribution in [2.24, 2.45) is 0 Å². The van der Waals surface area contributed by atoms with Crippen LogP contribution in [-0.2, 0) is 4.79 Å². The predicted octanol–water partition coefficient (Wildman–Crippen LogP) is 2.21. The Labute approximate surface area is 146 Å². The number of benzene rings is 1. The highest BCUT2D eigenvalue weighted by Crippen LogP contribution is 2.31. The highest BCUT2D eigenvalue weighted by atomic mass is 16.6. The Kier molecular flexibility index (Phi) is 4.17. The zero-order valence-electron chi connectivity index (χ0n) is 14.1. The third-order valence-corrected chi connectivity index (χ3v) is 4.41. The Morgan fingerprint density at radius 2 is 2.08 bits per heavy atom. The SMILES string of the molecule is Cc1ccc(OC2CCN(C(=O)C3COc4ccccc4O3)C2)nc1. The average Bonchev–Trinajstić information content (AvgIpc) is 3.11. The van der Waals surface area contributed by atoms with Crippen LogP contribution in [0.2, 0.25) is 0 Å². The molecule has 6 nitrogen and oxygen atoms in total. The Balaban J connectivity index is 1.35. The number of rotatable bonds is 3. The second kappa shape index (κ2) is 6.63. The maximum Gasteiger partial charge on any atom is 0.267 e. The number of carbonyl (C=O) groups excluding carboxylic acids is 1. The van der Waals surface area contributed by atoms with Crippen molar-refractivity contribution in [1.82, 2.24) is 9.88 Å². The summed E-state index contributed by atoms with van der Waals surface area (Å²) in [6.45, 7) is 3.40. The van der Waals surface area contributed by atoms with Crippen molar-refractivity contribution in [3.8, 4) is 17.4 Å². The van der Waals surface area contributed by atoms with Crippen LogP contribution in [0.1, 0.15) is 12.0 Å². The monoisotopic (exact) mass is 340 g/mol. The molecule has 0 N–H and O–H groups in total. The molecular formula is C19H20N2O4. The van der Waals surface area contributed by atoms with Gasteiger partial charge in [0.05, 0.1) is 6.54 Å². The predicted molar refractivity (Wildman–Crippen MR) is 90.9 cm³/mol. The summed E-state index contributed by atoms with van der Waals surface area (Å²) in [6, 6.07) is 11.2. The summed E-state index contributed by atoms with van der Waals surface area (Å²) in [6.07, 6.45) is 1.91. The third kappa shape index (κ3) is 3.38. The summed E-state index contributed by atoms with van der Waals surface area (Å²) in [5, 5.41) is 0. The van der Waals surface area contributed by atoms with Crippen LogP contribution in [0.5, 0.6) is 17.4 Å². The molecule has 0 saturated carbocycles. The largest absolute Gasteiger partial charge is 0.485 e. The van der Waals surface area contributed by atoms with Gasteiger partial charge in [0.1, 0.15) is 12.7 Å². The van der Waals surface area contributed by atoms with Crippen molar-refractivity contribution in [3.63, 3.8) is 0 Å². The van der Waals surface area contributed by atoms with Crippen LogP contribution in [0.15, 0.2) is 42.6 Å². The fourth-order valence-corrected chi connectivity index (χ4v) is 3.06. The number of para-hydroxylation sites is 2. The first-order chi connectivity index (χ1) is 12.2. The van der Waals surface area contributed by atoms with Gasteiger partial charge < -0.3 is 19.1 Å². The minimum atomic E-state index is -0.605. The number of likely N-dealkylation sites (tertiary alicyclic amines) is 1. The molecule has 0 bridgehead atoms. The van der Waals surface area contributed by atoms with E-state index in [2.05, 4.69) is 4.98 Å². The second-order valence-corrected chi connectivity index (χ2v) is 6.35. The Morgan fingerprint density at radius 3 is 2.88 bits per heavy atom. The molecule has 2 aromatic rings. The molecule has 25 heavy (non-hydrogen) atoms. The molecule has 4 rings (SSSR count). The molecule has 0 radical (unpaired) electrons. The molecule has 2 aliphatic rings. The van der Waals surface area contributed by atoms with Gasteiger partial charge in [0.2, 0.25) is 12.0 Å². The fourth-order valence-electron chi connectivity index (χ4n) is 3.06. The van der Waals surface area contributed by atoms with E-state index in [4.69, 9.17) is 14.2 Å². The number of hydrogen-bond acceptors (Lipinski definition) is 5. The van der Waals surface area contributed by atoms with Crippen molar-refractivity contribution in [3.05, 3.63) is 48.2 Å². The number of pyridine rings is 1. The van der Waals surface area contributed by atoms with Gasteiger partial charge in [-0.1, -0.05) is 18.2 Å². The Morgan fingerprint density at radius 1 is 1.24 bits per heavy atom. The van der Waals surface area contributed by atoms with E-state index in [1.807, 2.05) is 43.3 Å². The van der Waals surface area contributed by atoms with Gasteiger partial charge in [-0.15, -0.1) is 0 Å². The van der Waals surface area contributed by atoms with Crippen LogP contribution in [0.25, 0.3) is 0 Å². The van der Waals surface area contributed by atoms with E-state index in [9.17, 15) is 4.79 Å². The number of aromatic nitrogens is 1. The van der Waals surface area contributed by atoms with Crippen molar-refractivity contribution < 1.29 is 19.0 Å². The summed E-state index contributed by atoms with van der Waals surface area (Å²) >= 11 is 0. The lowest BCUT2D eigenvalue weighted by Crippen LogP contribution is -2.46. The summed E-state index contributed by atoms with van der Waals surface area (Å²) in [5.74, 6) is 1.83. The smallest absolute Gasteiger partial charge is 0.267 e. The number of carbonyl (C=O) groups is 1. The van der Waals surface area contributed by atoms with Crippen LogP contribution in [0.3, 0.4) is 0 Å². The highest BCUT2D eigenvalue weighted by Gasteiger charge is 2.35. The summed E-state index contributed by atoms with van der Waals surface area (Å²) in [4.78, 5) is 18.7. The molecule has 1 saturated heterocycles. The second-order valence-electron chi connectivity index (χ2n) is 6.35. The first-order valence-corrected chi connectivity index (χ1v) is 8.45. The van der Waals surface area contributed by atoms with Crippen LogP contribution in [0, 0.1) is 6.92 Å². The lowest BCUT2D eigenvalue weighted by Gasteiger charge is -2.28. The molecule has 1 amide bonds. The van der Waals surface area contributed by atoms with Crippen molar-refractivity contribution in [2.45, 2.75) is 25.6 Å². The first-order valence-electron chi connectivity index (χ1n) is 8.45. The molecule has 6 heteroatoms. The molecular weight excluding hydrogens is 320 g/mol. The van der Waals surface area contributed by atoms with E-state index in [1.54, 1.807) is 11.1 Å². The molecule has 2 atom stereocenters. The number of nitrogens with zero attached hydrogens (tertiary/aromatic N) is 2.